The molecule has 0 fully saturated rings. The molecule has 0 radical (unpaired) electrons. The Morgan fingerprint density at radius 2 is 2.06 bits per heavy atom. The summed E-state index contributed by atoms with van der Waals surface area (Å²) in [5.74, 6) is -1.69. The van der Waals surface area contributed by atoms with Crippen molar-refractivity contribution in [1.29, 1.82) is 0 Å². The highest BCUT2D eigenvalue weighted by Gasteiger charge is 2.09. The van der Waals surface area contributed by atoms with Crippen LogP contribution in [0, 0.1) is 11.6 Å². The van der Waals surface area contributed by atoms with E-state index in [4.69, 9.17) is 12.2 Å². The first kappa shape index (κ1) is 12.8. The number of thiocarbonyl (C=S) groups is 1. The van der Waals surface area contributed by atoms with Crippen molar-refractivity contribution in [2.24, 2.45) is 0 Å². The number of halogens is 2. The molecule has 2 nitrogen and oxygen atoms in total. The lowest BCUT2D eigenvalue weighted by atomic mass is 10.1. The first-order valence-corrected chi connectivity index (χ1v) is 5.44. The van der Waals surface area contributed by atoms with Crippen LogP contribution in [0.2, 0.25) is 0 Å². The van der Waals surface area contributed by atoms with E-state index in [1.54, 1.807) is 0 Å². The second-order valence-corrected chi connectivity index (χ2v) is 3.81. The van der Waals surface area contributed by atoms with Gasteiger partial charge in [-0.15, -0.1) is 0 Å². The van der Waals surface area contributed by atoms with E-state index in [9.17, 15) is 8.78 Å². The molecule has 0 unspecified atom stereocenters. The third-order valence-corrected chi connectivity index (χ3v) is 2.39. The summed E-state index contributed by atoms with van der Waals surface area (Å²) in [4.78, 5) is 0. The standard InChI is InChI=1S/C11H14F2N2S/c1-3-14-11(16)15-7(2)8-4-5-9(12)10(13)6-8/h4-7H,3H2,1-2H3,(H2,14,15,16)/t7-/m1/s1. The maximum absolute atomic E-state index is 13.0. The molecule has 0 aliphatic rings. The molecule has 0 heterocycles. The zero-order valence-corrected chi connectivity index (χ0v) is 10.00. The Kier molecular flexibility index (Phi) is 4.61. The van der Waals surface area contributed by atoms with Crippen LogP contribution in [0.15, 0.2) is 18.2 Å². The monoisotopic (exact) mass is 244 g/mol. The maximum Gasteiger partial charge on any atom is 0.166 e. The molecule has 16 heavy (non-hydrogen) atoms. The van der Waals surface area contributed by atoms with Crippen molar-refractivity contribution in [3.05, 3.63) is 35.4 Å². The van der Waals surface area contributed by atoms with E-state index in [-0.39, 0.29) is 6.04 Å². The highest BCUT2D eigenvalue weighted by Crippen LogP contribution is 2.15. The molecular weight excluding hydrogens is 230 g/mol. The van der Waals surface area contributed by atoms with Gasteiger partial charge in [0.05, 0.1) is 6.04 Å². The fourth-order valence-corrected chi connectivity index (χ4v) is 1.59. The number of hydrogen-bond acceptors (Lipinski definition) is 1. The third kappa shape index (κ3) is 3.41. The summed E-state index contributed by atoms with van der Waals surface area (Å²) in [6.45, 7) is 4.48. The lowest BCUT2D eigenvalue weighted by molar-refractivity contribution is 0.505. The molecule has 2 N–H and O–H groups in total. The van der Waals surface area contributed by atoms with E-state index in [1.165, 1.54) is 12.1 Å². The van der Waals surface area contributed by atoms with E-state index in [2.05, 4.69) is 10.6 Å². The van der Waals surface area contributed by atoms with Crippen LogP contribution in [0.1, 0.15) is 25.5 Å². The molecule has 0 spiro atoms. The topological polar surface area (TPSA) is 24.1 Å². The van der Waals surface area contributed by atoms with E-state index in [1.807, 2.05) is 13.8 Å². The highest BCUT2D eigenvalue weighted by molar-refractivity contribution is 7.80. The molecule has 0 bridgehead atoms. The smallest absolute Gasteiger partial charge is 0.166 e. The van der Waals surface area contributed by atoms with Gasteiger partial charge in [0, 0.05) is 6.54 Å². The Hall–Kier alpha value is -1.23. The van der Waals surface area contributed by atoms with Crippen molar-refractivity contribution in [2.75, 3.05) is 6.54 Å². The van der Waals surface area contributed by atoms with E-state index in [0.29, 0.717) is 10.7 Å². The molecule has 1 aromatic rings. The van der Waals surface area contributed by atoms with Gasteiger partial charge in [0.15, 0.2) is 16.7 Å². The SMILES string of the molecule is CCNC(=S)N[C@H](C)c1ccc(F)c(F)c1. The van der Waals surface area contributed by atoms with Crippen LogP contribution >= 0.6 is 12.2 Å². The van der Waals surface area contributed by atoms with Crippen LogP contribution in [0.25, 0.3) is 0 Å². The van der Waals surface area contributed by atoms with Crippen LogP contribution in [-0.2, 0) is 0 Å². The number of nitrogens with one attached hydrogen (secondary N) is 2. The lowest BCUT2D eigenvalue weighted by Gasteiger charge is -2.16. The van der Waals surface area contributed by atoms with Gasteiger partial charge in [-0.3, -0.25) is 0 Å². The van der Waals surface area contributed by atoms with Gasteiger partial charge in [0.25, 0.3) is 0 Å². The van der Waals surface area contributed by atoms with E-state index >= 15 is 0 Å². The molecule has 88 valence electrons. The summed E-state index contributed by atoms with van der Waals surface area (Å²) in [5, 5.41) is 6.40. The summed E-state index contributed by atoms with van der Waals surface area (Å²) >= 11 is 5.00. The van der Waals surface area contributed by atoms with Crippen LogP contribution < -0.4 is 10.6 Å². The van der Waals surface area contributed by atoms with Crippen LogP contribution in [0.3, 0.4) is 0 Å². The molecule has 1 rings (SSSR count). The van der Waals surface area contributed by atoms with Gasteiger partial charge in [0.2, 0.25) is 0 Å². The molecule has 0 amide bonds. The van der Waals surface area contributed by atoms with Crippen molar-refractivity contribution < 1.29 is 8.78 Å². The van der Waals surface area contributed by atoms with Gasteiger partial charge in [0.1, 0.15) is 0 Å². The quantitative estimate of drug-likeness (QED) is 0.799. The Morgan fingerprint density at radius 3 is 2.62 bits per heavy atom. The predicted molar refractivity (Wildman–Crippen MR) is 64.2 cm³/mol. The Morgan fingerprint density at radius 1 is 1.38 bits per heavy atom. The van der Waals surface area contributed by atoms with Crippen LogP contribution in [-0.4, -0.2) is 11.7 Å². The third-order valence-electron chi connectivity index (χ3n) is 2.13. The van der Waals surface area contributed by atoms with Gasteiger partial charge >= 0.3 is 0 Å². The average molecular weight is 244 g/mol. The number of benzene rings is 1. The second-order valence-electron chi connectivity index (χ2n) is 3.40. The van der Waals surface area contributed by atoms with Gasteiger partial charge in [-0.2, -0.15) is 0 Å². The van der Waals surface area contributed by atoms with Crippen molar-refractivity contribution in [1.82, 2.24) is 10.6 Å². The zero-order chi connectivity index (χ0) is 12.1. The highest BCUT2D eigenvalue weighted by atomic mass is 32.1. The van der Waals surface area contributed by atoms with Gasteiger partial charge in [-0.05, 0) is 43.8 Å². The lowest BCUT2D eigenvalue weighted by Crippen LogP contribution is -2.36. The Balaban J connectivity index is 2.69. The number of rotatable bonds is 3. The normalized spacial score (nSPS) is 12.0. The molecule has 0 aromatic heterocycles. The first-order valence-electron chi connectivity index (χ1n) is 5.04. The van der Waals surface area contributed by atoms with Gasteiger partial charge < -0.3 is 10.6 Å². The largest absolute Gasteiger partial charge is 0.363 e. The van der Waals surface area contributed by atoms with E-state index in [0.717, 1.165) is 12.6 Å². The number of hydrogen-bond donors (Lipinski definition) is 2. The van der Waals surface area contributed by atoms with Crippen molar-refractivity contribution >= 4 is 17.3 Å². The molecule has 1 aromatic carbocycles. The fraction of sp³-hybridized carbons (Fsp3) is 0.364. The van der Waals surface area contributed by atoms with Crippen molar-refractivity contribution in [2.45, 2.75) is 19.9 Å². The summed E-state index contributed by atoms with van der Waals surface area (Å²) < 4.78 is 25.7. The first-order chi connectivity index (χ1) is 7.54. The molecule has 0 saturated carbocycles. The van der Waals surface area contributed by atoms with E-state index < -0.39 is 11.6 Å². The molecule has 1 atom stereocenters. The minimum atomic E-state index is -0.847. The Labute approximate surface area is 99.0 Å². The molecular formula is C11H14F2N2S. The second kappa shape index (κ2) is 5.75. The van der Waals surface area contributed by atoms with Gasteiger partial charge in [-0.1, -0.05) is 6.07 Å². The fourth-order valence-electron chi connectivity index (χ4n) is 1.27. The van der Waals surface area contributed by atoms with Crippen LogP contribution in [0.5, 0.6) is 0 Å². The summed E-state index contributed by atoms with van der Waals surface area (Å²) in [6.07, 6.45) is 0. The minimum Gasteiger partial charge on any atom is -0.363 e. The summed E-state index contributed by atoms with van der Waals surface area (Å²) in [6, 6.07) is 3.65. The predicted octanol–water partition coefficient (Wildman–Crippen LogP) is 2.51. The Bertz CT molecular complexity index is 382. The van der Waals surface area contributed by atoms with Crippen molar-refractivity contribution in [3.8, 4) is 0 Å². The zero-order valence-electron chi connectivity index (χ0n) is 9.18. The maximum atomic E-state index is 13.0. The van der Waals surface area contributed by atoms with Crippen LogP contribution in [0.4, 0.5) is 8.78 Å². The summed E-state index contributed by atoms with van der Waals surface area (Å²) in [5.41, 5.74) is 0.652. The molecule has 0 saturated heterocycles. The van der Waals surface area contributed by atoms with Gasteiger partial charge in [-0.25, -0.2) is 8.78 Å². The molecule has 0 aliphatic heterocycles. The minimum absolute atomic E-state index is 0.165. The average Bonchev–Trinajstić information content (AvgIpc) is 2.22. The molecule has 5 heteroatoms. The van der Waals surface area contributed by atoms with Crippen molar-refractivity contribution in [3.63, 3.8) is 0 Å². The summed E-state index contributed by atoms with van der Waals surface area (Å²) in [7, 11) is 0. The molecule has 0 aliphatic carbocycles.